The second kappa shape index (κ2) is 6.88. The molecule has 0 aliphatic carbocycles. The molecule has 2 aliphatic heterocycles. The van der Waals surface area contributed by atoms with E-state index in [1.165, 1.54) is 0 Å². The Morgan fingerprint density at radius 2 is 1.93 bits per heavy atom. The Morgan fingerprint density at radius 3 is 2.63 bits per heavy atom. The minimum absolute atomic E-state index is 0.0640. The van der Waals surface area contributed by atoms with Gasteiger partial charge in [-0.3, -0.25) is 4.79 Å². The fourth-order valence-electron chi connectivity index (χ4n) is 4.60. The topological polar surface area (TPSA) is 112 Å². The molecule has 1 spiro atoms. The van der Waals surface area contributed by atoms with E-state index in [-0.39, 0.29) is 16.5 Å². The molecule has 2 saturated heterocycles. The predicted molar refractivity (Wildman–Crippen MR) is 117 cm³/mol. The maximum Gasteiger partial charge on any atom is 0.348 e. The van der Waals surface area contributed by atoms with E-state index < -0.39 is 11.5 Å². The number of aromatic carboxylic acids is 1. The second-order valence-corrected chi connectivity index (χ2v) is 8.61. The highest BCUT2D eigenvalue weighted by atomic mass is 32.1. The number of carboxylic acid groups (broad SMARTS) is 1. The number of carbonyl (C=O) groups is 2. The van der Waals surface area contributed by atoms with Crippen LogP contribution in [0, 0.1) is 0 Å². The molecule has 4 N–H and O–H groups in total. The minimum Gasteiger partial charge on any atom is -0.477 e. The van der Waals surface area contributed by atoms with Crippen molar-refractivity contribution in [1.29, 1.82) is 0 Å². The number of aromatic nitrogens is 1. The highest BCUT2D eigenvalue weighted by Crippen LogP contribution is 2.42. The van der Waals surface area contributed by atoms with Crippen LogP contribution in [-0.4, -0.2) is 47.3 Å². The van der Waals surface area contributed by atoms with Gasteiger partial charge in [-0.1, -0.05) is 18.2 Å². The number of carboxylic acids is 1. The van der Waals surface area contributed by atoms with E-state index in [0.717, 1.165) is 22.7 Å². The zero-order chi connectivity index (χ0) is 20.9. The zero-order valence-corrected chi connectivity index (χ0v) is 17.0. The van der Waals surface area contributed by atoms with Gasteiger partial charge in [0.25, 0.3) is 0 Å². The molecule has 0 unspecified atom stereocenters. The van der Waals surface area contributed by atoms with Crippen molar-refractivity contribution >= 4 is 50.5 Å². The van der Waals surface area contributed by atoms with Crippen LogP contribution in [-0.2, 0) is 4.79 Å². The third-order valence-corrected chi connectivity index (χ3v) is 7.24. The van der Waals surface area contributed by atoms with Crippen LogP contribution in [0.1, 0.15) is 22.5 Å². The van der Waals surface area contributed by atoms with Crippen LogP contribution in [0.5, 0.6) is 0 Å². The summed E-state index contributed by atoms with van der Waals surface area (Å²) in [4.78, 5) is 33.7. The molecule has 8 nitrogen and oxygen atoms in total. The van der Waals surface area contributed by atoms with Crippen molar-refractivity contribution in [3.8, 4) is 0 Å². The number of pyridine rings is 1. The molecule has 30 heavy (non-hydrogen) atoms. The first kappa shape index (κ1) is 18.7. The van der Waals surface area contributed by atoms with Crippen molar-refractivity contribution in [3.63, 3.8) is 0 Å². The van der Waals surface area contributed by atoms with Gasteiger partial charge in [-0.15, -0.1) is 11.3 Å². The highest BCUT2D eigenvalue weighted by Gasteiger charge is 2.50. The summed E-state index contributed by atoms with van der Waals surface area (Å²) in [6, 6.07) is 11.9. The van der Waals surface area contributed by atoms with Crippen molar-refractivity contribution in [2.45, 2.75) is 18.4 Å². The molecule has 2 aromatic heterocycles. The van der Waals surface area contributed by atoms with Crippen molar-refractivity contribution in [2.75, 3.05) is 35.3 Å². The average molecular weight is 423 g/mol. The molecular formula is C21H21N5O3S. The SMILES string of the molecule is Nc1c(C(=O)O)sc2nccc(N3CCC4(CC3)C(=O)NCN4c3ccccc3)c12. The number of benzene rings is 1. The lowest BCUT2D eigenvalue weighted by molar-refractivity contribution is -0.124. The largest absolute Gasteiger partial charge is 0.477 e. The number of nitrogens with one attached hydrogen (secondary N) is 1. The summed E-state index contributed by atoms with van der Waals surface area (Å²) in [5.41, 5.74) is 7.77. The Bertz CT molecular complexity index is 1140. The Morgan fingerprint density at radius 1 is 1.20 bits per heavy atom. The van der Waals surface area contributed by atoms with Crippen LogP contribution in [0.2, 0.25) is 0 Å². The van der Waals surface area contributed by atoms with Gasteiger partial charge >= 0.3 is 5.97 Å². The number of fused-ring (bicyclic) bond motifs is 1. The number of nitrogens with zero attached hydrogens (tertiary/aromatic N) is 3. The number of hydrogen-bond acceptors (Lipinski definition) is 7. The lowest BCUT2D eigenvalue weighted by atomic mass is 9.85. The van der Waals surface area contributed by atoms with Crippen LogP contribution in [0.4, 0.5) is 17.1 Å². The average Bonchev–Trinajstić information content (AvgIpc) is 3.27. The van der Waals surface area contributed by atoms with Crippen molar-refractivity contribution in [2.24, 2.45) is 0 Å². The van der Waals surface area contributed by atoms with E-state index in [0.29, 0.717) is 42.8 Å². The molecule has 0 saturated carbocycles. The van der Waals surface area contributed by atoms with Crippen LogP contribution < -0.4 is 20.9 Å². The van der Waals surface area contributed by atoms with Crippen molar-refractivity contribution < 1.29 is 14.7 Å². The lowest BCUT2D eigenvalue weighted by Crippen LogP contribution is -2.56. The van der Waals surface area contributed by atoms with E-state index in [1.54, 1.807) is 6.20 Å². The number of thiophene rings is 1. The quantitative estimate of drug-likeness (QED) is 0.593. The monoisotopic (exact) mass is 423 g/mol. The molecule has 154 valence electrons. The van der Waals surface area contributed by atoms with Crippen LogP contribution >= 0.6 is 11.3 Å². The van der Waals surface area contributed by atoms with Gasteiger partial charge in [0.05, 0.1) is 23.4 Å². The Labute approximate surface area is 176 Å². The molecular weight excluding hydrogens is 402 g/mol. The second-order valence-electron chi connectivity index (χ2n) is 7.61. The first-order valence-electron chi connectivity index (χ1n) is 9.77. The van der Waals surface area contributed by atoms with Gasteiger partial charge < -0.3 is 26.0 Å². The molecule has 5 rings (SSSR count). The minimum atomic E-state index is -1.04. The van der Waals surface area contributed by atoms with E-state index in [1.807, 2.05) is 36.4 Å². The van der Waals surface area contributed by atoms with Crippen LogP contribution in [0.15, 0.2) is 42.6 Å². The van der Waals surface area contributed by atoms with Gasteiger partial charge in [-0.25, -0.2) is 9.78 Å². The summed E-state index contributed by atoms with van der Waals surface area (Å²) in [7, 11) is 0. The predicted octanol–water partition coefficient (Wildman–Crippen LogP) is 2.51. The number of amides is 1. The molecule has 2 aliphatic rings. The summed E-state index contributed by atoms with van der Waals surface area (Å²) < 4.78 is 0. The first-order chi connectivity index (χ1) is 14.5. The smallest absolute Gasteiger partial charge is 0.348 e. The van der Waals surface area contributed by atoms with E-state index in [9.17, 15) is 14.7 Å². The number of carbonyl (C=O) groups excluding carboxylic acids is 1. The molecule has 0 radical (unpaired) electrons. The first-order valence-corrected chi connectivity index (χ1v) is 10.6. The number of rotatable bonds is 3. The third kappa shape index (κ3) is 2.69. The van der Waals surface area contributed by atoms with Gasteiger partial charge in [0.2, 0.25) is 5.91 Å². The summed E-state index contributed by atoms with van der Waals surface area (Å²) >= 11 is 1.09. The fourth-order valence-corrected chi connectivity index (χ4v) is 5.52. The molecule has 1 amide bonds. The molecule has 0 atom stereocenters. The molecule has 4 heterocycles. The number of anilines is 3. The van der Waals surface area contributed by atoms with E-state index in [4.69, 9.17) is 5.73 Å². The molecule has 3 aromatic rings. The number of hydrogen-bond donors (Lipinski definition) is 3. The van der Waals surface area contributed by atoms with Crippen LogP contribution in [0.3, 0.4) is 0 Å². The lowest BCUT2D eigenvalue weighted by Gasteiger charge is -2.44. The van der Waals surface area contributed by atoms with Crippen molar-refractivity contribution in [3.05, 3.63) is 47.5 Å². The molecule has 2 fully saturated rings. The number of nitrogens with two attached hydrogens (primary N) is 1. The number of para-hydroxylation sites is 1. The van der Waals surface area contributed by atoms with Crippen LogP contribution in [0.25, 0.3) is 10.2 Å². The standard InChI is InChI=1S/C21H21N5O3S/c22-16-15-14(6-9-23-18(15)30-17(16)19(27)28)25-10-7-21(8-11-25)20(29)24-12-26(21)13-4-2-1-3-5-13/h1-6,9H,7-8,10-12,22H2,(H,24,29)(H,27,28). The summed E-state index contributed by atoms with van der Waals surface area (Å²) in [5.74, 6) is -0.978. The normalized spacial score (nSPS) is 18.2. The third-order valence-electron chi connectivity index (χ3n) is 6.14. The van der Waals surface area contributed by atoms with Gasteiger partial charge in [0.15, 0.2) is 0 Å². The fraction of sp³-hybridized carbons (Fsp3) is 0.286. The van der Waals surface area contributed by atoms with Gasteiger partial charge in [0.1, 0.15) is 15.2 Å². The summed E-state index contributed by atoms with van der Waals surface area (Å²) in [5, 5.41) is 13.1. The Balaban J connectivity index is 1.46. The highest BCUT2D eigenvalue weighted by molar-refractivity contribution is 7.21. The summed E-state index contributed by atoms with van der Waals surface area (Å²) in [6.45, 7) is 1.82. The Hall–Kier alpha value is -3.33. The van der Waals surface area contributed by atoms with E-state index in [2.05, 4.69) is 20.1 Å². The molecule has 0 bridgehead atoms. The van der Waals surface area contributed by atoms with Crippen molar-refractivity contribution in [1.82, 2.24) is 10.3 Å². The number of nitrogen functional groups attached to an aromatic ring is 1. The Kier molecular flexibility index (Phi) is 4.28. The van der Waals surface area contributed by atoms with Gasteiger partial charge in [-0.2, -0.15) is 0 Å². The summed E-state index contributed by atoms with van der Waals surface area (Å²) in [6.07, 6.45) is 3.00. The number of piperidine rings is 1. The van der Waals surface area contributed by atoms with Gasteiger partial charge in [0, 0.05) is 25.0 Å². The molecule has 1 aromatic carbocycles. The maximum atomic E-state index is 12.9. The molecule has 9 heteroatoms. The zero-order valence-electron chi connectivity index (χ0n) is 16.2. The maximum absolute atomic E-state index is 12.9. The van der Waals surface area contributed by atoms with Gasteiger partial charge in [-0.05, 0) is 31.0 Å². The van der Waals surface area contributed by atoms with E-state index >= 15 is 0 Å².